The van der Waals surface area contributed by atoms with Gasteiger partial charge in [-0.3, -0.25) is 13.9 Å². The molecule has 0 radical (unpaired) electrons. The number of esters is 1. The summed E-state index contributed by atoms with van der Waals surface area (Å²) in [5.74, 6) is 0.594. The van der Waals surface area contributed by atoms with E-state index in [0.717, 1.165) is 12.8 Å². The zero-order valence-corrected chi connectivity index (χ0v) is 23.9. The molecule has 1 aliphatic carbocycles. The highest BCUT2D eigenvalue weighted by atomic mass is 31.2. The van der Waals surface area contributed by atoms with Crippen molar-refractivity contribution in [2.45, 2.75) is 77.5 Å². The van der Waals surface area contributed by atoms with Crippen LogP contribution in [0.2, 0.25) is 0 Å². The van der Waals surface area contributed by atoms with Gasteiger partial charge in [0, 0.05) is 12.0 Å². The van der Waals surface area contributed by atoms with Gasteiger partial charge < -0.3 is 25.0 Å². The molecule has 1 saturated carbocycles. The second kappa shape index (κ2) is 11.7. The third-order valence-corrected chi connectivity index (χ3v) is 8.18. The van der Waals surface area contributed by atoms with Crippen molar-refractivity contribution in [2.75, 3.05) is 17.7 Å². The van der Waals surface area contributed by atoms with Crippen LogP contribution in [0.3, 0.4) is 0 Å². The number of benzene rings is 1. The van der Waals surface area contributed by atoms with Gasteiger partial charge in [0.2, 0.25) is 5.95 Å². The van der Waals surface area contributed by atoms with Crippen LogP contribution in [0.15, 0.2) is 36.7 Å². The number of aromatic nitrogens is 4. The van der Waals surface area contributed by atoms with Crippen LogP contribution in [0.25, 0.3) is 11.2 Å². The molecule has 4 N–H and O–H groups in total. The van der Waals surface area contributed by atoms with Gasteiger partial charge >= 0.3 is 13.7 Å². The summed E-state index contributed by atoms with van der Waals surface area (Å²) >= 11 is 0. The van der Waals surface area contributed by atoms with Crippen molar-refractivity contribution in [1.29, 1.82) is 0 Å². The maximum absolute atomic E-state index is 13.8. The van der Waals surface area contributed by atoms with E-state index in [1.165, 1.54) is 0 Å². The van der Waals surface area contributed by atoms with Crippen LogP contribution >= 0.6 is 7.75 Å². The molecule has 3 heterocycles. The summed E-state index contributed by atoms with van der Waals surface area (Å²) in [5, 5.41) is 6.07. The second-order valence-electron chi connectivity index (χ2n) is 10.6. The Hall–Kier alpha value is -3.25. The number of hydrogen-bond acceptors (Lipinski definition) is 11. The minimum Gasteiger partial charge on any atom is -0.462 e. The van der Waals surface area contributed by atoms with Gasteiger partial charge in [-0.1, -0.05) is 25.1 Å². The fourth-order valence-corrected chi connectivity index (χ4v) is 6.04. The van der Waals surface area contributed by atoms with E-state index < -0.39 is 32.1 Å². The number of nitrogens with two attached hydrogens (primary N) is 1. The van der Waals surface area contributed by atoms with Gasteiger partial charge in [-0.05, 0) is 52.2 Å². The standard InChI is InChI=1S/C26H36N7O6P/c1-15(2)37-25(34)17(4)32-40(35,39-19-8-6-5-7-9-19)36-13-20-12-16(3)24(38-20)33-14-28-21-22(29-18-10-11-18)30-26(27)31-23(21)33/h5-9,14-18,20,24H,10-13H2,1-4H3,(H,32,35)(H3,27,29,30,31)/t16-,17+,20-,24+,40-/m0/s1. The molecule has 0 unspecified atom stereocenters. The lowest BCUT2D eigenvalue weighted by atomic mass is 10.1. The molecular weight excluding hydrogens is 537 g/mol. The summed E-state index contributed by atoms with van der Waals surface area (Å²) in [6.07, 6.45) is 3.33. The van der Waals surface area contributed by atoms with Gasteiger partial charge in [0.15, 0.2) is 17.0 Å². The minimum absolute atomic E-state index is 0.0395. The highest BCUT2D eigenvalue weighted by Gasteiger charge is 2.39. The molecule has 5 atom stereocenters. The number of rotatable bonds is 12. The molecule has 13 nitrogen and oxygen atoms in total. The molecule has 2 aliphatic rings. The van der Waals surface area contributed by atoms with E-state index >= 15 is 0 Å². The Kier molecular flexibility index (Phi) is 8.27. The molecular formula is C26H36N7O6P. The smallest absolute Gasteiger partial charge is 0.459 e. The van der Waals surface area contributed by atoms with Crippen molar-refractivity contribution >= 4 is 36.6 Å². The van der Waals surface area contributed by atoms with Crippen LogP contribution in [0, 0.1) is 5.92 Å². The van der Waals surface area contributed by atoms with E-state index in [9.17, 15) is 9.36 Å². The molecule has 2 aromatic heterocycles. The molecule has 3 aromatic rings. The van der Waals surface area contributed by atoms with E-state index in [1.54, 1.807) is 51.4 Å². The monoisotopic (exact) mass is 573 g/mol. The lowest BCUT2D eigenvalue weighted by Gasteiger charge is -2.24. The average Bonchev–Trinajstić information content (AvgIpc) is 3.49. The highest BCUT2D eigenvalue weighted by Crippen LogP contribution is 2.46. The first-order valence-corrected chi connectivity index (χ1v) is 15.0. The third-order valence-electron chi connectivity index (χ3n) is 6.54. The van der Waals surface area contributed by atoms with Crippen molar-refractivity contribution < 1.29 is 27.9 Å². The number of nitrogen functional groups attached to an aromatic ring is 1. The molecule has 14 heteroatoms. The zero-order valence-electron chi connectivity index (χ0n) is 23.0. The fourth-order valence-electron chi connectivity index (χ4n) is 4.52. The first-order valence-electron chi connectivity index (χ1n) is 13.5. The van der Waals surface area contributed by atoms with E-state index in [4.69, 9.17) is 24.3 Å². The number of hydrogen-bond donors (Lipinski definition) is 3. The van der Waals surface area contributed by atoms with Crippen molar-refractivity contribution in [3.05, 3.63) is 36.7 Å². The molecule has 40 heavy (non-hydrogen) atoms. The van der Waals surface area contributed by atoms with Gasteiger partial charge in [-0.25, -0.2) is 9.55 Å². The Balaban J connectivity index is 1.29. The highest BCUT2D eigenvalue weighted by molar-refractivity contribution is 7.52. The van der Waals surface area contributed by atoms with Gasteiger partial charge in [0.25, 0.3) is 0 Å². The summed E-state index contributed by atoms with van der Waals surface area (Å²) in [4.78, 5) is 25.7. The van der Waals surface area contributed by atoms with E-state index in [1.807, 2.05) is 17.6 Å². The average molecular weight is 574 g/mol. The predicted octanol–water partition coefficient (Wildman–Crippen LogP) is 4.04. The summed E-state index contributed by atoms with van der Waals surface area (Å²) in [5.41, 5.74) is 7.21. The molecule has 0 amide bonds. The Bertz CT molecular complexity index is 1380. The SMILES string of the molecule is CC(C)OC(=O)[C@@H](C)N[P@](=O)(OC[C@@H]1C[C@H](C)[C@H](n2cnc3c(NC4CC4)nc(N)nc32)O1)Oc1ccccc1. The number of anilines is 2. The second-order valence-corrected chi connectivity index (χ2v) is 12.3. The first kappa shape index (κ1) is 28.3. The molecule has 1 aromatic carbocycles. The number of ether oxygens (including phenoxy) is 2. The summed E-state index contributed by atoms with van der Waals surface area (Å²) < 4.78 is 38.8. The number of fused-ring (bicyclic) bond motifs is 1. The first-order chi connectivity index (χ1) is 19.1. The topological polar surface area (TPSA) is 165 Å². The van der Waals surface area contributed by atoms with Crippen LogP contribution in [0.5, 0.6) is 5.75 Å². The Morgan fingerprint density at radius 1 is 1.23 bits per heavy atom. The summed E-state index contributed by atoms with van der Waals surface area (Å²) in [6.45, 7) is 7.03. The predicted molar refractivity (Wildman–Crippen MR) is 149 cm³/mol. The van der Waals surface area contributed by atoms with Crippen LogP contribution in [0.4, 0.5) is 11.8 Å². The quantitative estimate of drug-likeness (QED) is 0.211. The van der Waals surface area contributed by atoms with Crippen molar-refractivity contribution in [3.63, 3.8) is 0 Å². The van der Waals surface area contributed by atoms with E-state index in [-0.39, 0.29) is 24.6 Å². The van der Waals surface area contributed by atoms with Crippen LogP contribution in [-0.2, 0) is 23.4 Å². The molecule has 1 saturated heterocycles. The van der Waals surface area contributed by atoms with Crippen LogP contribution in [-0.4, -0.2) is 56.4 Å². The van der Waals surface area contributed by atoms with Crippen LogP contribution in [0.1, 0.15) is 53.2 Å². The van der Waals surface area contributed by atoms with Gasteiger partial charge in [-0.15, -0.1) is 0 Å². The maximum atomic E-state index is 13.8. The van der Waals surface area contributed by atoms with Gasteiger partial charge in [0.05, 0.1) is 25.1 Å². The molecule has 1 aliphatic heterocycles. The fraction of sp³-hybridized carbons (Fsp3) is 0.538. The minimum atomic E-state index is -4.00. The lowest BCUT2D eigenvalue weighted by Crippen LogP contribution is -2.36. The third kappa shape index (κ3) is 6.72. The van der Waals surface area contributed by atoms with Crippen molar-refractivity contribution in [1.82, 2.24) is 24.6 Å². The van der Waals surface area contributed by atoms with Crippen LogP contribution < -0.4 is 20.7 Å². The number of nitrogens with zero attached hydrogens (tertiary/aromatic N) is 4. The Labute approximate surface area is 232 Å². The maximum Gasteiger partial charge on any atom is 0.459 e. The van der Waals surface area contributed by atoms with E-state index in [2.05, 4.69) is 25.4 Å². The molecule has 0 bridgehead atoms. The normalized spacial score (nSPS) is 23.2. The molecule has 5 rings (SSSR count). The van der Waals surface area contributed by atoms with Gasteiger partial charge in [-0.2, -0.15) is 15.1 Å². The Morgan fingerprint density at radius 2 is 1.98 bits per heavy atom. The lowest BCUT2D eigenvalue weighted by molar-refractivity contribution is -0.149. The summed E-state index contributed by atoms with van der Waals surface area (Å²) in [7, 11) is -4.00. The number of para-hydroxylation sites is 1. The summed E-state index contributed by atoms with van der Waals surface area (Å²) in [6, 6.07) is 8.06. The largest absolute Gasteiger partial charge is 0.462 e. The number of imidazole rings is 1. The Morgan fingerprint density at radius 3 is 2.67 bits per heavy atom. The number of carbonyl (C=O) groups excluding carboxylic acids is 1. The number of nitrogens with one attached hydrogen (secondary N) is 2. The molecule has 216 valence electrons. The number of carbonyl (C=O) groups is 1. The molecule has 2 fully saturated rings. The molecule has 0 spiro atoms. The van der Waals surface area contributed by atoms with E-state index in [0.29, 0.717) is 35.2 Å². The zero-order chi connectivity index (χ0) is 28.4. The van der Waals surface area contributed by atoms with Crippen molar-refractivity contribution in [3.8, 4) is 5.75 Å². The van der Waals surface area contributed by atoms with Gasteiger partial charge in [0.1, 0.15) is 18.0 Å². The van der Waals surface area contributed by atoms with Crippen molar-refractivity contribution in [2.24, 2.45) is 5.92 Å².